The van der Waals surface area contributed by atoms with Gasteiger partial charge in [0, 0.05) is 93.2 Å². The summed E-state index contributed by atoms with van der Waals surface area (Å²) < 4.78 is 27.3. The van der Waals surface area contributed by atoms with Gasteiger partial charge >= 0.3 is 12.0 Å². The molecule has 0 aliphatic carbocycles. The van der Waals surface area contributed by atoms with Crippen LogP contribution < -0.4 is 15.6 Å². The summed E-state index contributed by atoms with van der Waals surface area (Å²) in [5.74, 6) is -0.166. The van der Waals surface area contributed by atoms with Gasteiger partial charge in [0.15, 0.2) is 0 Å². The number of aromatic nitrogens is 2. The summed E-state index contributed by atoms with van der Waals surface area (Å²) in [5.41, 5.74) is 9.85. The number of cyclic esters (lactones) is 1. The van der Waals surface area contributed by atoms with E-state index >= 15 is 0 Å². The van der Waals surface area contributed by atoms with E-state index in [1.807, 2.05) is 27.0 Å². The van der Waals surface area contributed by atoms with Crippen LogP contribution in [0.1, 0.15) is 96.7 Å². The molecule has 1 aromatic carbocycles. The van der Waals surface area contributed by atoms with Crippen LogP contribution in [0, 0.1) is 5.41 Å². The largest absolute Gasteiger partial charge is 0.464 e. The van der Waals surface area contributed by atoms with Crippen LogP contribution in [0.3, 0.4) is 0 Å². The highest BCUT2D eigenvalue weighted by molar-refractivity contribution is 8.14. The van der Waals surface area contributed by atoms with Gasteiger partial charge in [-0.25, -0.2) is 10.2 Å². The number of nitrogens with one attached hydrogen (secondary N) is 2. The first-order chi connectivity index (χ1) is 31.7. The molecule has 6 bridgehead atoms. The van der Waals surface area contributed by atoms with E-state index in [2.05, 4.69) is 84.1 Å². The molecule has 2 N–H and O–H groups in total. The van der Waals surface area contributed by atoms with Crippen LogP contribution in [0.15, 0.2) is 35.5 Å². The number of ether oxygens (including phenoxy) is 4. The third-order valence-corrected chi connectivity index (χ3v) is 14.9. The van der Waals surface area contributed by atoms with Crippen molar-refractivity contribution in [1.82, 2.24) is 35.1 Å². The number of thioether (sulfide) groups is 1. The predicted octanol–water partition coefficient (Wildman–Crippen LogP) is 5.97. The van der Waals surface area contributed by atoms with Crippen LogP contribution in [-0.4, -0.2) is 157 Å². The van der Waals surface area contributed by atoms with Gasteiger partial charge in [0.1, 0.15) is 23.2 Å². The van der Waals surface area contributed by atoms with Crippen molar-refractivity contribution >= 4 is 51.3 Å². The zero-order chi connectivity index (χ0) is 46.9. The first-order valence-corrected chi connectivity index (χ1v) is 25.0. The number of urea groups is 1. The number of pyridine rings is 1. The Morgan fingerprint density at radius 3 is 2.56 bits per heavy atom. The first-order valence-electron chi connectivity index (χ1n) is 24.0. The molecule has 8 rings (SSSR count). The average Bonchev–Trinajstić information content (AvgIpc) is 3.90. The minimum absolute atomic E-state index is 0.0537. The smallest absolute Gasteiger partial charge is 0.324 e. The quantitative estimate of drug-likeness (QED) is 0.218. The van der Waals surface area contributed by atoms with Crippen molar-refractivity contribution in [3.63, 3.8) is 0 Å². The summed E-state index contributed by atoms with van der Waals surface area (Å²) in [4.78, 5) is 59.5. The van der Waals surface area contributed by atoms with E-state index in [4.69, 9.17) is 28.9 Å². The Bertz CT molecular complexity index is 2280. The monoisotopic (exact) mass is 930 g/mol. The number of fused-ring (bicyclic) bond motifs is 5. The van der Waals surface area contributed by atoms with Crippen LogP contribution in [0.4, 0.5) is 10.5 Å². The normalized spacial score (nSPS) is 25.7. The number of amides is 3. The molecule has 3 fully saturated rings. The van der Waals surface area contributed by atoms with Crippen molar-refractivity contribution in [3.8, 4) is 11.3 Å². The van der Waals surface area contributed by atoms with Crippen LogP contribution in [0.5, 0.6) is 0 Å². The number of hydrogen-bond donors (Lipinski definition) is 2. The lowest BCUT2D eigenvalue weighted by molar-refractivity contribution is -0.155. The van der Waals surface area contributed by atoms with Crippen molar-refractivity contribution in [1.29, 1.82) is 0 Å². The summed E-state index contributed by atoms with van der Waals surface area (Å²) in [7, 11) is 3.89. The number of likely N-dealkylation sites (N-methyl/N-ethyl adjacent to an activating group) is 1. The van der Waals surface area contributed by atoms with Crippen molar-refractivity contribution < 1.29 is 33.3 Å². The fraction of sp³-hybridized carbons (Fsp3) is 0.653. The van der Waals surface area contributed by atoms with Crippen molar-refractivity contribution in [2.45, 2.75) is 123 Å². The zero-order valence-corrected chi connectivity index (χ0v) is 41.2. The molecule has 3 amide bonds. The lowest BCUT2D eigenvalue weighted by Crippen LogP contribution is -2.65. The van der Waals surface area contributed by atoms with Crippen LogP contribution in [0.2, 0.25) is 0 Å². The number of nitrogens with zero attached hydrogens (tertiary/aromatic N) is 7. The Morgan fingerprint density at radius 1 is 1.08 bits per heavy atom. The van der Waals surface area contributed by atoms with E-state index in [0.717, 1.165) is 77.3 Å². The highest BCUT2D eigenvalue weighted by Gasteiger charge is 2.43. The molecule has 6 atom stereocenters. The zero-order valence-electron chi connectivity index (χ0n) is 40.4. The highest BCUT2D eigenvalue weighted by atomic mass is 32.2. The topological polar surface area (TPSA) is 155 Å². The number of methoxy groups -OCH3 is 1. The lowest BCUT2D eigenvalue weighted by atomic mass is 9.84. The maximum absolute atomic E-state index is 14.7. The highest BCUT2D eigenvalue weighted by Crippen LogP contribution is 2.44. The van der Waals surface area contributed by atoms with Gasteiger partial charge in [0.05, 0.1) is 54.7 Å². The Morgan fingerprint density at radius 2 is 1.86 bits per heavy atom. The van der Waals surface area contributed by atoms with E-state index in [1.165, 1.54) is 5.01 Å². The van der Waals surface area contributed by atoms with Gasteiger partial charge in [0.2, 0.25) is 0 Å². The number of aliphatic imine (C=N–C) groups is 1. The van der Waals surface area contributed by atoms with Gasteiger partial charge in [-0.15, -0.1) is 11.8 Å². The second-order valence-electron chi connectivity index (χ2n) is 19.7. The van der Waals surface area contributed by atoms with Crippen LogP contribution >= 0.6 is 11.8 Å². The van der Waals surface area contributed by atoms with Gasteiger partial charge < -0.3 is 43.5 Å². The van der Waals surface area contributed by atoms with Gasteiger partial charge in [0.25, 0.3) is 5.91 Å². The minimum atomic E-state index is -1.09. The molecule has 3 saturated heterocycles. The van der Waals surface area contributed by atoms with Gasteiger partial charge in [-0.05, 0) is 96.7 Å². The van der Waals surface area contributed by atoms with E-state index in [0.29, 0.717) is 62.9 Å². The molecule has 2 aromatic heterocycles. The molecule has 17 heteroatoms. The summed E-state index contributed by atoms with van der Waals surface area (Å²) in [6.07, 6.45) is 3.45. The maximum atomic E-state index is 14.7. The summed E-state index contributed by atoms with van der Waals surface area (Å²) in [5, 5.41) is 6.27. The van der Waals surface area contributed by atoms with Crippen LogP contribution in [0.25, 0.3) is 22.2 Å². The number of hydrazine groups is 1. The van der Waals surface area contributed by atoms with E-state index < -0.39 is 29.6 Å². The summed E-state index contributed by atoms with van der Waals surface area (Å²) in [6.45, 7) is 20.6. The Kier molecular flexibility index (Phi) is 15.0. The van der Waals surface area contributed by atoms with Crippen molar-refractivity contribution in [3.05, 3.63) is 47.3 Å². The number of rotatable bonds is 11. The van der Waals surface area contributed by atoms with E-state index in [1.54, 1.807) is 23.8 Å². The molecule has 3 aromatic rings. The fourth-order valence-corrected chi connectivity index (χ4v) is 10.9. The molecule has 0 spiro atoms. The second kappa shape index (κ2) is 20.5. The number of anilines is 1. The number of esters is 1. The van der Waals surface area contributed by atoms with Crippen molar-refractivity contribution in [2.24, 2.45) is 10.4 Å². The number of carbonyl (C=O) groups excluding carboxylic acids is 3. The summed E-state index contributed by atoms with van der Waals surface area (Å²) in [6, 6.07) is 6.61. The summed E-state index contributed by atoms with van der Waals surface area (Å²) >= 11 is 1.56. The fourth-order valence-electron chi connectivity index (χ4n) is 9.76. The molecule has 16 nitrogen and oxygen atoms in total. The molecule has 7 heterocycles. The number of likely N-dealkylation sites (tertiary alicyclic amines) is 1. The SMILES string of the molecule is CCO[C@@H]1C2=NC(CS2)c2ccc3c(c2)c(c(-c2cc(N4CCN(C)CC4)cnc2[C@H](C)OC)n3CCOC(C)C)CC(C)(C)COC(=O)[C@@H]2CCCN(N2)C(=O)[C@H]1NC(=O)N1CC[C@H]1C. The first kappa shape index (κ1) is 48.2. The molecule has 66 heavy (non-hydrogen) atoms. The number of carbonyl (C=O) groups is 3. The Hall–Kier alpha value is -4.26. The Labute approximate surface area is 394 Å². The van der Waals surface area contributed by atoms with E-state index in [9.17, 15) is 14.4 Å². The molecular weight excluding hydrogens is 859 g/mol. The van der Waals surface area contributed by atoms with E-state index in [-0.39, 0.29) is 42.8 Å². The molecule has 0 radical (unpaired) electrons. The van der Waals surface area contributed by atoms with Crippen molar-refractivity contribution in [2.75, 3.05) is 83.9 Å². The molecular formula is C49H71N9O7S. The molecule has 0 saturated carbocycles. The predicted molar refractivity (Wildman–Crippen MR) is 259 cm³/mol. The number of piperazine rings is 1. The lowest BCUT2D eigenvalue weighted by Gasteiger charge is -2.41. The molecule has 5 aliphatic rings. The molecule has 5 aliphatic heterocycles. The molecule has 1 unspecified atom stereocenters. The number of benzene rings is 1. The average molecular weight is 930 g/mol. The minimum Gasteiger partial charge on any atom is -0.464 e. The van der Waals surface area contributed by atoms with Gasteiger partial charge in [-0.3, -0.25) is 24.6 Å². The molecule has 360 valence electrons. The third kappa shape index (κ3) is 10.3. The number of hydrogen-bond acceptors (Lipinski definition) is 13. The third-order valence-electron chi connectivity index (χ3n) is 13.8. The second-order valence-corrected chi connectivity index (χ2v) is 20.7. The maximum Gasteiger partial charge on any atom is 0.324 e. The van der Waals surface area contributed by atoms with Gasteiger partial charge in [-0.2, -0.15) is 0 Å². The Balaban J connectivity index is 1.30. The standard InChI is InChI=1S/C49H71N9O7S/c1-10-63-44-42(52-48(61)56-17-15-31(56)4)46(59)58-16-11-12-38(53-58)47(60)65-29-49(6,7)26-37-35-24-33(39-28-66-45(44)51-39)13-14-40(35)57(22-23-64-30(2)3)43(37)36-25-34(27-50-41(36)32(5)62-9)55-20-18-54(8)19-21-55/h13-14,24-25,27,30-32,38-39,42,44,53H,10-12,15-23,26,28-29H2,1-9H3,(H,52,61)/t31-,32+,38+,39?,42+,44+/m1/s1. The van der Waals surface area contributed by atoms with Gasteiger partial charge in [-0.1, -0.05) is 19.9 Å². The van der Waals surface area contributed by atoms with Crippen LogP contribution in [-0.2, 0) is 41.5 Å².